The first-order valence-electron chi connectivity index (χ1n) is 9.15. The summed E-state index contributed by atoms with van der Waals surface area (Å²) in [7, 11) is 4.06. The maximum Gasteiger partial charge on any atom is 0.262 e. The SMILES string of the molecule is CN(C)Cc1ccc(CNC(=O)CCn2c(=S)[nH]c3ccccc3c2=O)cc1. The van der Waals surface area contributed by atoms with Crippen molar-refractivity contribution in [3.63, 3.8) is 0 Å². The Kier molecular flexibility index (Phi) is 6.38. The number of fused-ring (bicyclic) bond motifs is 1. The number of amides is 1. The second-order valence-corrected chi connectivity index (χ2v) is 7.40. The molecule has 146 valence electrons. The molecule has 0 aliphatic heterocycles. The van der Waals surface area contributed by atoms with Crippen LogP contribution in [0.2, 0.25) is 0 Å². The Balaban J connectivity index is 1.58. The first kappa shape index (κ1) is 20.0. The highest BCUT2D eigenvalue weighted by atomic mass is 32.1. The highest BCUT2D eigenvalue weighted by molar-refractivity contribution is 7.71. The van der Waals surface area contributed by atoms with Crippen LogP contribution in [0, 0.1) is 4.77 Å². The fraction of sp³-hybridized carbons (Fsp3) is 0.286. The minimum Gasteiger partial charge on any atom is -0.352 e. The van der Waals surface area contributed by atoms with Crippen LogP contribution in [0.4, 0.5) is 0 Å². The standard InChI is InChI=1S/C21H24N4O2S/c1-24(2)14-16-9-7-15(8-10-16)13-22-19(26)11-12-25-20(27)17-5-3-4-6-18(17)23-21(25)28/h3-10H,11-14H2,1-2H3,(H,22,26)(H,23,28). The lowest BCUT2D eigenvalue weighted by Gasteiger charge is -2.11. The summed E-state index contributed by atoms with van der Waals surface area (Å²) in [6, 6.07) is 15.4. The average molecular weight is 397 g/mol. The lowest BCUT2D eigenvalue weighted by atomic mass is 10.1. The van der Waals surface area contributed by atoms with E-state index in [-0.39, 0.29) is 24.4 Å². The number of aromatic amines is 1. The van der Waals surface area contributed by atoms with Gasteiger partial charge < -0.3 is 15.2 Å². The molecule has 0 radical (unpaired) electrons. The lowest BCUT2D eigenvalue weighted by Crippen LogP contribution is -2.28. The molecule has 0 saturated carbocycles. The van der Waals surface area contributed by atoms with Crippen molar-refractivity contribution < 1.29 is 4.79 Å². The van der Waals surface area contributed by atoms with Crippen molar-refractivity contribution in [3.8, 4) is 0 Å². The molecule has 3 rings (SSSR count). The van der Waals surface area contributed by atoms with E-state index in [4.69, 9.17) is 12.2 Å². The number of carbonyl (C=O) groups excluding carboxylic acids is 1. The summed E-state index contributed by atoms with van der Waals surface area (Å²) in [4.78, 5) is 30.0. The van der Waals surface area contributed by atoms with E-state index in [9.17, 15) is 9.59 Å². The molecule has 0 spiro atoms. The Bertz CT molecular complexity index is 1080. The minimum absolute atomic E-state index is 0.119. The maximum absolute atomic E-state index is 12.6. The molecule has 3 aromatic rings. The van der Waals surface area contributed by atoms with Crippen LogP contribution in [-0.4, -0.2) is 34.5 Å². The zero-order valence-corrected chi connectivity index (χ0v) is 16.9. The predicted octanol–water partition coefficient (Wildman–Crippen LogP) is 2.83. The molecule has 1 aromatic heterocycles. The molecule has 7 heteroatoms. The zero-order valence-electron chi connectivity index (χ0n) is 16.1. The number of carbonyl (C=O) groups is 1. The van der Waals surface area contributed by atoms with E-state index in [0.717, 1.165) is 12.1 Å². The van der Waals surface area contributed by atoms with E-state index >= 15 is 0 Å². The van der Waals surface area contributed by atoms with E-state index in [2.05, 4.69) is 27.3 Å². The molecule has 1 heterocycles. The number of benzene rings is 2. The highest BCUT2D eigenvalue weighted by Gasteiger charge is 2.08. The number of nitrogens with zero attached hydrogens (tertiary/aromatic N) is 2. The Morgan fingerprint density at radius 3 is 2.50 bits per heavy atom. The summed E-state index contributed by atoms with van der Waals surface area (Å²) in [5, 5.41) is 3.46. The van der Waals surface area contributed by atoms with E-state index in [1.54, 1.807) is 6.07 Å². The first-order chi connectivity index (χ1) is 13.4. The second-order valence-electron chi connectivity index (χ2n) is 7.01. The molecular weight excluding hydrogens is 372 g/mol. The number of rotatable bonds is 7. The lowest BCUT2D eigenvalue weighted by molar-refractivity contribution is -0.121. The van der Waals surface area contributed by atoms with Gasteiger partial charge in [-0.2, -0.15) is 0 Å². The van der Waals surface area contributed by atoms with Crippen molar-refractivity contribution in [2.45, 2.75) is 26.1 Å². The Hall–Kier alpha value is -2.77. The van der Waals surface area contributed by atoms with Gasteiger partial charge in [0, 0.05) is 26.1 Å². The molecule has 2 aromatic carbocycles. The van der Waals surface area contributed by atoms with Crippen LogP contribution in [0.25, 0.3) is 10.9 Å². The van der Waals surface area contributed by atoms with Gasteiger partial charge in [0.15, 0.2) is 4.77 Å². The van der Waals surface area contributed by atoms with E-state index < -0.39 is 0 Å². The maximum atomic E-state index is 12.6. The highest BCUT2D eigenvalue weighted by Crippen LogP contribution is 2.07. The molecule has 0 atom stereocenters. The topological polar surface area (TPSA) is 70.1 Å². The normalized spacial score (nSPS) is 11.1. The van der Waals surface area contributed by atoms with Crippen LogP contribution in [-0.2, 0) is 24.4 Å². The van der Waals surface area contributed by atoms with Crippen molar-refractivity contribution in [2.75, 3.05) is 14.1 Å². The third-order valence-corrected chi connectivity index (χ3v) is 4.79. The molecule has 28 heavy (non-hydrogen) atoms. The van der Waals surface area contributed by atoms with Gasteiger partial charge in [-0.15, -0.1) is 0 Å². The molecule has 0 aliphatic carbocycles. The number of aromatic nitrogens is 2. The van der Waals surface area contributed by atoms with Gasteiger partial charge in [-0.1, -0.05) is 36.4 Å². The van der Waals surface area contributed by atoms with Gasteiger partial charge in [0.1, 0.15) is 0 Å². The molecule has 0 aliphatic rings. The van der Waals surface area contributed by atoms with Crippen molar-refractivity contribution >= 4 is 29.0 Å². The molecule has 0 bridgehead atoms. The Morgan fingerprint density at radius 1 is 1.11 bits per heavy atom. The largest absolute Gasteiger partial charge is 0.352 e. The summed E-state index contributed by atoms with van der Waals surface area (Å²) in [5.41, 5.74) is 2.79. The van der Waals surface area contributed by atoms with Crippen molar-refractivity contribution in [1.29, 1.82) is 0 Å². The van der Waals surface area contributed by atoms with Gasteiger partial charge in [-0.3, -0.25) is 14.2 Å². The van der Waals surface area contributed by atoms with E-state index in [1.807, 2.05) is 44.4 Å². The summed E-state index contributed by atoms with van der Waals surface area (Å²) < 4.78 is 1.76. The van der Waals surface area contributed by atoms with Gasteiger partial charge in [0.05, 0.1) is 10.9 Å². The van der Waals surface area contributed by atoms with Gasteiger partial charge >= 0.3 is 0 Å². The quantitative estimate of drug-likeness (QED) is 0.603. The predicted molar refractivity (Wildman–Crippen MR) is 114 cm³/mol. The smallest absolute Gasteiger partial charge is 0.262 e. The molecule has 6 nitrogen and oxygen atoms in total. The zero-order chi connectivity index (χ0) is 20.1. The summed E-state index contributed by atoms with van der Waals surface area (Å²) in [6.07, 6.45) is 0.189. The minimum atomic E-state index is -0.177. The van der Waals surface area contributed by atoms with Gasteiger partial charge in [-0.05, 0) is 49.6 Å². The van der Waals surface area contributed by atoms with Gasteiger partial charge in [-0.25, -0.2) is 0 Å². The number of para-hydroxylation sites is 1. The summed E-state index contributed by atoms with van der Waals surface area (Å²) in [6.45, 7) is 1.58. The van der Waals surface area contributed by atoms with Crippen LogP contribution in [0.5, 0.6) is 0 Å². The van der Waals surface area contributed by atoms with Crippen molar-refractivity contribution in [1.82, 2.24) is 19.8 Å². The van der Waals surface area contributed by atoms with Crippen LogP contribution in [0.1, 0.15) is 17.5 Å². The fourth-order valence-corrected chi connectivity index (χ4v) is 3.32. The van der Waals surface area contributed by atoms with Crippen LogP contribution in [0.15, 0.2) is 53.3 Å². The molecular formula is C21H24N4O2S. The third-order valence-electron chi connectivity index (χ3n) is 4.46. The number of hydrogen-bond acceptors (Lipinski definition) is 4. The van der Waals surface area contributed by atoms with E-state index in [1.165, 1.54) is 10.1 Å². The van der Waals surface area contributed by atoms with Gasteiger partial charge in [0.25, 0.3) is 5.56 Å². The van der Waals surface area contributed by atoms with Crippen LogP contribution < -0.4 is 10.9 Å². The van der Waals surface area contributed by atoms with Crippen LogP contribution >= 0.6 is 12.2 Å². The number of nitrogens with one attached hydrogen (secondary N) is 2. The van der Waals surface area contributed by atoms with Crippen molar-refractivity contribution in [3.05, 3.63) is 74.8 Å². The molecule has 0 saturated heterocycles. The van der Waals surface area contributed by atoms with Gasteiger partial charge in [0.2, 0.25) is 5.91 Å². The molecule has 0 fully saturated rings. The third kappa shape index (κ3) is 4.94. The van der Waals surface area contributed by atoms with Crippen molar-refractivity contribution in [2.24, 2.45) is 0 Å². The fourth-order valence-electron chi connectivity index (χ4n) is 3.03. The monoisotopic (exact) mass is 396 g/mol. The summed E-state index contributed by atoms with van der Waals surface area (Å²) in [5.74, 6) is -0.119. The number of hydrogen-bond donors (Lipinski definition) is 2. The second kappa shape index (κ2) is 8.95. The molecule has 0 unspecified atom stereocenters. The number of H-pyrrole nitrogens is 1. The van der Waals surface area contributed by atoms with Crippen LogP contribution in [0.3, 0.4) is 0 Å². The van der Waals surface area contributed by atoms with E-state index in [0.29, 0.717) is 22.2 Å². The molecule has 1 amide bonds. The summed E-state index contributed by atoms with van der Waals surface area (Å²) >= 11 is 5.27. The Labute approximate surface area is 168 Å². The molecule has 2 N–H and O–H groups in total. The average Bonchev–Trinajstić information content (AvgIpc) is 2.67. The first-order valence-corrected chi connectivity index (χ1v) is 9.56. The Morgan fingerprint density at radius 2 is 1.79 bits per heavy atom.